The zero-order chi connectivity index (χ0) is 22.9. The lowest BCUT2D eigenvalue weighted by molar-refractivity contribution is -0.137. The molecule has 1 saturated heterocycles. The molecule has 2 aromatic rings. The number of ether oxygens (including phenoxy) is 4. The van der Waals surface area contributed by atoms with Crippen LogP contribution in [0.4, 0.5) is 5.69 Å². The maximum atomic E-state index is 12.3. The maximum absolute atomic E-state index is 12.3. The number of para-hydroxylation sites is 1. The van der Waals surface area contributed by atoms with E-state index in [1.54, 1.807) is 17.0 Å². The quantitative estimate of drug-likeness (QED) is 0.624. The van der Waals surface area contributed by atoms with E-state index < -0.39 is 18.5 Å². The molecule has 0 aromatic heterocycles. The van der Waals surface area contributed by atoms with E-state index in [-0.39, 0.29) is 23.8 Å². The molecule has 0 spiro atoms. The number of hydrogen-bond donors (Lipinski definition) is 1. The number of nitrogens with one attached hydrogen (secondary N) is 1. The van der Waals surface area contributed by atoms with Gasteiger partial charge >= 0.3 is 5.97 Å². The molecule has 170 valence electrons. The van der Waals surface area contributed by atoms with E-state index >= 15 is 0 Å². The Morgan fingerprint density at radius 1 is 1.03 bits per heavy atom. The average molecular weight is 442 g/mol. The number of carbonyl (C=O) groups excluding carboxylic acids is 3. The molecule has 2 aromatic carbocycles. The fourth-order valence-electron chi connectivity index (χ4n) is 3.07. The predicted octanol–water partition coefficient (Wildman–Crippen LogP) is 2.04. The molecule has 32 heavy (non-hydrogen) atoms. The highest BCUT2D eigenvalue weighted by Crippen LogP contribution is 2.28. The van der Waals surface area contributed by atoms with E-state index in [0.29, 0.717) is 37.7 Å². The van der Waals surface area contributed by atoms with Crippen LogP contribution in [0.25, 0.3) is 0 Å². The summed E-state index contributed by atoms with van der Waals surface area (Å²) in [6, 6.07) is 11.8. The van der Waals surface area contributed by atoms with Crippen LogP contribution in [0.15, 0.2) is 42.5 Å². The summed E-state index contributed by atoms with van der Waals surface area (Å²) in [7, 11) is 1.43. The Hall–Kier alpha value is -3.59. The molecule has 0 atom stereocenters. The summed E-state index contributed by atoms with van der Waals surface area (Å²) in [6.45, 7) is 3.36. The fourth-order valence-corrected chi connectivity index (χ4v) is 3.07. The van der Waals surface area contributed by atoms with Crippen LogP contribution in [-0.4, -0.2) is 69.3 Å². The highest BCUT2D eigenvalue weighted by atomic mass is 16.5. The standard InChI is InChI=1S/C23H26N2O7/c1-16-5-3-4-6-18(16)24-21(26)14-32-23(28)17-7-8-19(20(13-17)29-2)31-15-22(27)25-9-11-30-12-10-25/h3-8,13H,9-12,14-15H2,1-2H3,(H,24,26). The van der Waals surface area contributed by atoms with Gasteiger partial charge in [0.1, 0.15) is 0 Å². The van der Waals surface area contributed by atoms with Crippen molar-refractivity contribution in [2.75, 3.05) is 51.9 Å². The minimum Gasteiger partial charge on any atom is -0.493 e. The molecule has 0 unspecified atom stereocenters. The topological polar surface area (TPSA) is 103 Å². The summed E-state index contributed by atoms with van der Waals surface area (Å²) in [5, 5.41) is 2.70. The van der Waals surface area contributed by atoms with Gasteiger partial charge in [-0.15, -0.1) is 0 Å². The van der Waals surface area contributed by atoms with Crippen molar-refractivity contribution in [1.29, 1.82) is 0 Å². The van der Waals surface area contributed by atoms with Crippen LogP contribution in [0.3, 0.4) is 0 Å². The van der Waals surface area contributed by atoms with Gasteiger partial charge in [0.15, 0.2) is 24.7 Å². The van der Waals surface area contributed by atoms with Crippen LogP contribution in [0.5, 0.6) is 11.5 Å². The summed E-state index contributed by atoms with van der Waals surface area (Å²) in [5.41, 5.74) is 1.75. The summed E-state index contributed by atoms with van der Waals surface area (Å²) in [6.07, 6.45) is 0. The highest BCUT2D eigenvalue weighted by Gasteiger charge is 2.19. The van der Waals surface area contributed by atoms with Gasteiger partial charge in [0, 0.05) is 18.8 Å². The fraction of sp³-hybridized carbons (Fsp3) is 0.348. The van der Waals surface area contributed by atoms with E-state index in [1.165, 1.54) is 25.3 Å². The van der Waals surface area contributed by atoms with Crippen molar-refractivity contribution >= 4 is 23.5 Å². The molecule has 1 aliphatic heterocycles. The zero-order valence-electron chi connectivity index (χ0n) is 18.1. The molecule has 1 aliphatic rings. The molecule has 3 rings (SSSR count). The number of amides is 2. The second kappa shape index (κ2) is 11.1. The van der Waals surface area contributed by atoms with Gasteiger partial charge in [-0.05, 0) is 36.8 Å². The van der Waals surface area contributed by atoms with E-state index in [0.717, 1.165) is 5.56 Å². The molecule has 0 radical (unpaired) electrons. The summed E-state index contributed by atoms with van der Waals surface area (Å²) in [5.74, 6) is -0.680. The predicted molar refractivity (Wildman–Crippen MR) is 116 cm³/mol. The number of morpholine rings is 1. The molecule has 1 fully saturated rings. The van der Waals surface area contributed by atoms with Gasteiger partial charge in [-0.2, -0.15) is 0 Å². The number of rotatable bonds is 8. The smallest absolute Gasteiger partial charge is 0.338 e. The van der Waals surface area contributed by atoms with Crippen molar-refractivity contribution in [2.45, 2.75) is 6.92 Å². The Morgan fingerprint density at radius 3 is 2.50 bits per heavy atom. The van der Waals surface area contributed by atoms with Crippen molar-refractivity contribution in [1.82, 2.24) is 4.90 Å². The van der Waals surface area contributed by atoms with Crippen molar-refractivity contribution in [3.05, 3.63) is 53.6 Å². The van der Waals surface area contributed by atoms with Gasteiger partial charge in [0.05, 0.1) is 25.9 Å². The van der Waals surface area contributed by atoms with Crippen LogP contribution in [-0.2, 0) is 19.1 Å². The Bertz CT molecular complexity index is 971. The SMILES string of the molecule is COc1cc(C(=O)OCC(=O)Nc2ccccc2C)ccc1OCC(=O)N1CCOCC1. The van der Waals surface area contributed by atoms with Crippen molar-refractivity contribution in [3.8, 4) is 11.5 Å². The van der Waals surface area contributed by atoms with Gasteiger partial charge in [0.25, 0.3) is 11.8 Å². The molecular formula is C23H26N2O7. The molecule has 9 nitrogen and oxygen atoms in total. The monoisotopic (exact) mass is 442 g/mol. The van der Waals surface area contributed by atoms with Gasteiger partial charge in [0.2, 0.25) is 0 Å². The first-order valence-electron chi connectivity index (χ1n) is 10.2. The molecule has 0 aliphatic carbocycles. The van der Waals surface area contributed by atoms with Crippen molar-refractivity contribution in [2.24, 2.45) is 0 Å². The van der Waals surface area contributed by atoms with Crippen molar-refractivity contribution < 1.29 is 33.3 Å². The third-order valence-corrected chi connectivity index (χ3v) is 4.87. The molecular weight excluding hydrogens is 416 g/mol. The van der Waals surface area contributed by atoms with Crippen LogP contribution in [0.2, 0.25) is 0 Å². The minimum absolute atomic E-state index is 0.154. The van der Waals surface area contributed by atoms with Gasteiger partial charge < -0.3 is 29.2 Å². The second-order valence-electron chi connectivity index (χ2n) is 7.09. The molecule has 1 heterocycles. The van der Waals surface area contributed by atoms with Crippen LogP contribution < -0.4 is 14.8 Å². The van der Waals surface area contributed by atoms with E-state index in [4.69, 9.17) is 18.9 Å². The van der Waals surface area contributed by atoms with Gasteiger partial charge in [-0.3, -0.25) is 9.59 Å². The number of esters is 1. The minimum atomic E-state index is -0.681. The first-order chi connectivity index (χ1) is 15.5. The molecule has 0 saturated carbocycles. The van der Waals surface area contributed by atoms with Gasteiger partial charge in [-0.25, -0.2) is 4.79 Å². The third kappa shape index (κ3) is 6.21. The van der Waals surface area contributed by atoms with E-state index in [2.05, 4.69) is 5.32 Å². The Labute approximate surface area is 186 Å². The molecule has 9 heteroatoms. The number of aryl methyl sites for hydroxylation is 1. The molecule has 1 N–H and O–H groups in total. The summed E-state index contributed by atoms with van der Waals surface area (Å²) >= 11 is 0. The van der Waals surface area contributed by atoms with Crippen LogP contribution >= 0.6 is 0 Å². The summed E-state index contributed by atoms with van der Waals surface area (Å²) < 4.78 is 21.2. The maximum Gasteiger partial charge on any atom is 0.338 e. The lowest BCUT2D eigenvalue weighted by Crippen LogP contribution is -2.43. The van der Waals surface area contributed by atoms with E-state index in [9.17, 15) is 14.4 Å². The number of hydrogen-bond acceptors (Lipinski definition) is 7. The van der Waals surface area contributed by atoms with Crippen molar-refractivity contribution in [3.63, 3.8) is 0 Å². The molecule has 2 amide bonds. The number of benzene rings is 2. The lowest BCUT2D eigenvalue weighted by Gasteiger charge is -2.26. The number of anilines is 1. The zero-order valence-corrected chi connectivity index (χ0v) is 18.1. The number of carbonyl (C=O) groups is 3. The number of methoxy groups -OCH3 is 1. The highest BCUT2D eigenvalue weighted by molar-refractivity contribution is 5.96. The summed E-state index contributed by atoms with van der Waals surface area (Å²) in [4.78, 5) is 38.3. The van der Waals surface area contributed by atoms with Gasteiger partial charge in [-0.1, -0.05) is 18.2 Å². The largest absolute Gasteiger partial charge is 0.493 e. The van der Waals surface area contributed by atoms with Crippen LogP contribution in [0, 0.1) is 6.92 Å². The first kappa shape index (κ1) is 23.1. The second-order valence-corrected chi connectivity index (χ2v) is 7.09. The Morgan fingerprint density at radius 2 is 1.78 bits per heavy atom. The normalized spacial score (nSPS) is 13.2. The molecule has 0 bridgehead atoms. The lowest BCUT2D eigenvalue weighted by atomic mass is 10.2. The van der Waals surface area contributed by atoms with E-state index in [1.807, 2.05) is 19.1 Å². The number of nitrogens with zero attached hydrogens (tertiary/aromatic N) is 1. The van der Waals surface area contributed by atoms with Crippen LogP contribution in [0.1, 0.15) is 15.9 Å². The first-order valence-corrected chi connectivity index (χ1v) is 10.2. The Balaban J connectivity index is 1.53. The Kier molecular flexibility index (Phi) is 8.04. The third-order valence-electron chi connectivity index (χ3n) is 4.87. The average Bonchev–Trinajstić information content (AvgIpc) is 2.82.